The van der Waals surface area contributed by atoms with Gasteiger partial charge in [0.1, 0.15) is 0 Å². The van der Waals surface area contributed by atoms with E-state index in [1.807, 2.05) is 18.2 Å². The van der Waals surface area contributed by atoms with Gasteiger partial charge in [-0.3, -0.25) is 0 Å². The molecule has 1 nitrogen and oxygen atoms in total. The summed E-state index contributed by atoms with van der Waals surface area (Å²) < 4.78 is 0. The molecule has 1 unspecified atom stereocenters. The fourth-order valence-electron chi connectivity index (χ4n) is 2.79. The van der Waals surface area contributed by atoms with Gasteiger partial charge in [-0.25, -0.2) is 0 Å². The zero-order chi connectivity index (χ0) is 13.1. The second-order valence-corrected chi connectivity index (χ2v) is 4.96. The Kier molecular flexibility index (Phi) is 3.83. The molecule has 2 rings (SSSR count). The summed E-state index contributed by atoms with van der Waals surface area (Å²) in [5.74, 6) is 0.0757. The van der Waals surface area contributed by atoms with Crippen LogP contribution in [0.4, 0.5) is 0 Å². The van der Waals surface area contributed by atoms with Crippen LogP contribution >= 0.6 is 0 Å². The molecule has 0 aliphatic carbocycles. The van der Waals surface area contributed by atoms with Crippen molar-refractivity contribution in [3.63, 3.8) is 0 Å². The van der Waals surface area contributed by atoms with Crippen molar-refractivity contribution in [2.75, 3.05) is 6.61 Å². The second-order valence-electron chi connectivity index (χ2n) is 4.96. The molecule has 2 aromatic rings. The van der Waals surface area contributed by atoms with E-state index >= 15 is 0 Å². The molecule has 0 radical (unpaired) electrons. The third-order valence-electron chi connectivity index (χ3n) is 3.47. The Labute approximate surface area is 109 Å². The van der Waals surface area contributed by atoms with Crippen LogP contribution in [0.15, 0.2) is 42.5 Å². The minimum atomic E-state index is 0.0757. The van der Waals surface area contributed by atoms with Crippen molar-refractivity contribution in [1.29, 1.82) is 0 Å². The molecular weight excluding hydrogens is 220 g/mol. The number of aryl methyl sites for hydroxylation is 3. The van der Waals surface area contributed by atoms with Crippen LogP contribution in [0.25, 0.3) is 0 Å². The first-order chi connectivity index (χ1) is 8.63. The summed E-state index contributed by atoms with van der Waals surface area (Å²) in [5.41, 5.74) is 6.23. The first-order valence-electron chi connectivity index (χ1n) is 6.37. The second kappa shape index (κ2) is 5.36. The molecule has 0 fully saturated rings. The van der Waals surface area contributed by atoms with E-state index in [1.54, 1.807) is 0 Å². The van der Waals surface area contributed by atoms with Crippen LogP contribution in [0.1, 0.15) is 33.7 Å². The van der Waals surface area contributed by atoms with Gasteiger partial charge in [0.25, 0.3) is 0 Å². The molecule has 0 aliphatic heterocycles. The highest BCUT2D eigenvalue weighted by Crippen LogP contribution is 2.30. The SMILES string of the molecule is Cc1cc(C)c(C(CO)c2ccccc2)c(C)c1. The molecule has 0 saturated carbocycles. The summed E-state index contributed by atoms with van der Waals surface area (Å²) >= 11 is 0. The summed E-state index contributed by atoms with van der Waals surface area (Å²) in [5, 5.41) is 9.75. The number of benzene rings is 2. The average Bonchev–Trinajstić information content (AvgIpc) is 2.34. The van der Waals surface area contributed by atoms with Gasteiger partial charge in [0.05, 0.1) is 6.61 Å². The van der Waals surface area contributed by atoms with Crippen LogP contribution in [0.5, 0.6) is 0 Å². The van der Waals surface area contributed by atoms with Gasteiger partial charge in [-0.2, -0.15) is 0 Å². The highest BCUT2D eigenvalue weighted by molar-refractivity contribution is 5.44. The molecule has 0 spiro atoms. The molecule has 0 aromatic heterocycles. The quantitative estimate of drug-likeness (QED) is 0.866. The van der Waals surface area contributed by atoms with E-state index in [2.05, 4.69) is 45.0 Å². The van der Waals surface area contributed by atoms with Gasteiger partial charge in [0, 0.05) is 5.92 Å². The van der Waals surface area contributed by atoms with Gasteiger partial charge in [-0.05, 0) is 43.0 Å². The maximum Gasteiger partial charge on any atom is 0.0540 e. The monoisotopic (exact) mass is 240 g/mol. The van der Waals surface area contributed by atoms with Crippen LogP contribution in [0, 0.1) is 20.8 Å². The lowest BCUT2D eigenvalue weighted by Crippen LogP contribution is -2.10. The first kappa shape index (κ1) is 12.8. The zero-order valence-corrected chi connectivity index (χ0v) is 11.3. The maximum absolute atomic E-state index is 9.75. The molecule has 0 saturated heterocycles. The molecule has 1 N–H and O–H groups in total. The smallest absolute Gasteiger partial charge is 0.0540 e. The van der Waals surface area contributed by atoms with E-state index in [-0.39, 0.29) is 12.5 Å². The highest BCUT2D eigenvalue weighted by Gasteiger charge is 2.17. The lowest BCUT2D eigenvalue weighted by Gasteiger charge is -2.20. The molecule has 0 heterocycles. The Hall–Kier alpha value is -1.60. The average molecular weight is 240 g/mol. The Morgan fingerprint density at radius 1 is 0.944 bits per heavy atom. The van der Waals surface area contributed by atoms with Crippen molar-refractivity contribution < 1.29 is 5.11 Å². The molecule has 1 heteroatoms. The topological polar surface area (TPSA) is 20.2 Å². The van der Waals surface area contributed by atoms with E-state index in [9.17, 15) is 5.11 Å². The third kappa shape index (κ3) is 2.46. The van der Waals surface area contributed by atoms with Gasteiger partial charge < -0.3 is 5.11 Å². The van der Waals surface area contributed by atoms with Gasteiger partial charge in [0.2, 0.25) is 0 Å². The summed E-state index contributed by atoms with van der Waals surface area (Å²) in [4.78, 5) is 0. The van der Waals surface area contributed by atoms with E-state index in [1.165, 1.54) is 27.8 Å². The van der Waals surface area contributed by atoms with E-state index < -0.39 is 0 Å². The fourth-order valence-corrected chi connectivity index (χ4v) is 2.79. The Morgan fingerprint density at radius 2 is 1.50 bits per heavy atom. The largest absolute Gasteiger partial charge is 0.395 e. The Morgan fingerprint density at radius 3 is 2.00 bits per heavy atom. The standard InChI is InChI=1S/C17H20O/c1-12-9-13(2)17(14(3)10-12)16(11-18)15-7-5-4-6-8-15/h4-10,16,18H,11H2,1-3H3. The van der Waals surface area contributed by atoms with Crippen LogP contribution < -0.4 is 0 Å². The van der Waals surface area contributed by atoms with Gasteiger partial charge in [0.15, 0.2) is 0 Å². The van der Waals surface area contributed by atoms with Gasteiger partial charge >= 0.3 is 0 Å². The highest BCUT2D eigenvalue weighted by atomic mass is 16.3. The lowest BCUT2D eigenvalue weighted by atomic mass is 9.85. The maximum atomic E-state index is 9.75. The normalized spacial score (nSPS) is 12.4. The summed E-state index contributed by atoms with van der Waals surface area (Å²) in [6, 6.07) is 14.6. The lowest BCUT2D eigenvalue weighted by molar-refractivity contribution is 0.280. The van der Waals surface area contributed by atoms with E-state index in [4.69, 9.17) is 0 Å². The fraction of sp³-hybridized carbons (Fsp3) is 0.294. The predicted octanol–water partition coefficient (Wildman–Crippen LogP) is 3.74. The Bertz CT molecular complexity index is 506. The van der Waals surface area contributed by atoms with E-state index in [0.29, 0.717) is 0 Å². The van der Waals surface area contributed by atoms with Gasteiger partial charge in [-0.1, -0.05) is 48.0 Å². The van der Waals surface area contributed by atoms with Crippen LogP contribution in [0.2, 0.25) is 0 Å². The van der Waals surface area contributed by atoms with Crippen molar-refractivity contribution in [1.82, 2.24) is 0 Å². The van der Waals surface area contributed by atoms with Crippen LogP contribution in [-0.4, -0.2) is 11.7 Å². The van der Waals surface area contributed by atoms with Crippen molar-refractivity contribution in [3.8, 4) is 0 Å². The molecule has 0 amide bonds. The summed E-state index contributed by atoms with van der Waals surface area (Å²) in [6.45, 7) is 6.51. The molecule has 94 valence electrons. The van der Waals surface area contributed by atoms with Crippen LogP contribution in [0.3, 0.4) is 0 Å². The number of hydrogen-bond acceptors (Lipinski definition) is 1. The van der Waals surface area contributed by atoms with Gasteiger partial charge in [-0.15, -0.1) is 0 Å². The molecule has 0 aliphatic rings. The van der Waals surface area contributed by atoms with Crippen molar-refractivity contribution in [2.24, 2.45) is 0 Å². The van der Waals surface area contributed by atoms with Crippen molar-refractivity contribution in [3.05, 3.63) is 70.3 Å². The zero-order valence-electron chi connectivity index (χ0n) is 11.3. The Balaban J connectivity index is 2.52. The number of rotatable bonds is 3. The first-order valence-corrected chi connectivity index (χ1v) is 6.37. The number of aliphatic hydroxyl groups is 1. The minimum Gasteiger partial charge on any atom is -0.395 e. The van der Waals surface area contributed by atoms with Crippen molar-refractivity contribution in [2.45, 2.75) is 26.7 Å². The molecular formula is C17H20O. The molecule has 2 aromatic carbocycles. The molecule has 18 heavy (non-hydrogen) atoms. The third-order valence-corrected chi connectivity index (χ3v) is 3.47. The number of aliphatic hydroxyl groups excluding tert-OH is 1. The summed E-state index contributed by atoms with van der Waals surface area (Å²) in [6.07, 6.45) is 0. The molecule has 0 bridgehead atoms. The van der Waals surface area contributed by atoms with Crippen LogP contribution in [-0.2, 0) is 0 Å². The van der Waals surface area contributed by atoms with Crippen molar-refractivity contribution >= 4 is 0 Å². The number of hydrogen-bond donors (Lipinski definition) is 1. The summed E-state index contributed by atoms with van der Waals surface area (Å²) in [7, 11) is 0. The molecule has 1 atom stereocenters. The van der Waals surface area contributed by atoms with E-state index in [0.717, 1.165) is 0 Å². The predicted molar refractivity (Wildman–Crippen MR) is 76.0 cm³/mol. The minimum absolute atomic E-state index is 0.0757.